The van der Waals surface area contributed by atoms with Gasteiger partial charge in [-0.3, -0.25) is 24.8 Å². The van der Waals surface area contributed by atoms with Crippen LogP contribution >= 0.6 is 0 Å². The van der Waals surface area contributed by atoms with Gasteiger partial charge in [0.15, 0.2) is 0 Å². The fraction of sp³-hybridized carbons (Fsp3) is 0.462. The Kier molecular flexibility index (Phi) is 3.80. The second-order valence-electron chi connectivity index (χ2n) is 4.57. The first-order chi connectivity index (χ1) is 9.01. The minimum absolute atomic E-state index is 0.155. The molecule has 0 radical (unpaired) electrons. The molecule has 2 rings (SSSR count). The largest absolute Gasteiger partial charge is 0.497 e. The summed E-state index contributed by atoms with van der Waals surface area (Å²) < 4.78 is 5.17. The molecule has 1 fully saturated rings. The normalized spacial score (nSPS) is 19.1. The van der Waals surface area contributed by atoms with Crippen LogP contribution in [0.25, 0.3) is 0 Å². The molecule has 19 heavy (non-hydrogen) atoms. The Morgan fingerprint density at radius 1 is 1.47 bits per heavy atom. The van der Waals surface area contributed by atoms with Crippen molar-refractivity contribution in [1.29, 1.82) is 0 Å². The molecule has 0 bridgehead atoms. The van der Waals surface area contributed by atoms with E-state index in [0.717, 1.165) is 22.0 Å². The number of carbonyl (C=O) groups is 2. The molecule has 0 spiro atoms. The summed E-state index contributed by atoms with van der Waals surface area (Å²) in [6.07, 6.45) is 0.207. The van der Waals surface area contributed by atoms with E-state index in [-0.39, 0.29) is 18.2 Å². The van der Waals surface area contributed by atoms with E-state index < -0.39 is 6.04 Å². The average molecular weight is 263 g/mol. The zero-order chi connectivity index (χ0) is 14.0. The molecule has 1 unspecified atom stereocenters. The number of hydrogen-bond donors (Lipinski definition) is 1. The molecular weight excluding hydrogens is 246 g/mol. The molecule has 2 heterocycles. The number of likely N-dealkylation sites (tertiary alicyclic amines) is 1. The van der Waals surface area contributed by atoms with Crippen LogP contribution in [0.4, 0.5) is 0 Å². The fourth-order valence-electron chi connectivity index (χ4n) is 2.05. The zero-order valence-electron chi connectivity index (χ0n) is 11.3. The Bertz CT molecular complexity index is 516. The van der Waals surface area contributed by atoms with Crippen molar-refractivity contribution in [3.05, 3.63) is 23.5 Å². The van der Waals surface area contributed by atoms with Gasteiger partial charge in [-0.2, -0.15) is 0 Å². The number of amides is 2. The highest BCUT2D eigenvalue weighted by molar-refractivity contribution is 6.05. The maximum atomic E-state index is 11.7. The lowest BCUT2D eigenvalue weighted by atomic mass is 10.2. The van der Waals surface area contributed by atoms with E-state index in [2.05, 4.69) is 10.3 Å². The third-order valence-corrected chi connectivity index (χ3v) is 3.13. The first kappa shape index (κ1) is 13.5. The Morgan fingerprint density at radius 3 is 2.79 bits per heavy atom. The Labute approximate surface area is 111 Å². The first-order valence-electron chi connectivity index (χ1n) is 6.06. The van der Waals surface area contributed by atoms with Gasteiger partial charge in [-0.25, -0.2) is 0 Å². The number of nitrogens with one attached hydrogen (secondary N) is 1. The van der Waals surface area contributed by atoms with Gasteiger partial charge in [0.25, 0.3) is 0 Å². The van der Waals surface area contributed by atoms with Crippen LogP contribution < -0.4 is 10.1 Å². The van der Waals surface area contributed by atoms with E-state index in [1.165, 1.54) is 7.05 Å². The fourth-order valence-corrected chi connectivity index (χ4v) is 2.05. The molecule has 0 aromatic carbocycles. The number of pyridine rings is 1. The van der Waals surface area contributed by atoms with Gasteiger partial charge in [-0.15, -0.1) is 0 Å². The van der Waals surface area contributed by atoms with Crippen LogP contribution in [-0.2, 0) is 16.1 Å². The van der Waals surface area contributed by atoms with Gasteiger partial charge in [0.1, 0.15) is 5.75 Å². The summed E-state index contributed by atoms with van der Waals surface area (Å²) in [4.78, 5) is 28.6. The molecule has 1 N–H and O–H groups in total. The highest BCUT2D eigenvalue weighted by Crippen LogP contribution is 2.15. The van der Waals surface area contributed by atoms with E-state index in [1.54, 1.807) is 7.11 Å². The molecule has 0 saturated carbocycles. The van der Waals surface area contributed by atoms with Gasteiger partial charge < -0.3 is 4.74 Å². The van der Waals surface area contributed by atoms with Crippen molar-refractivity contribution in [2.75, 3.05) is 14.2 Å². The zero-order valence-corrected chi connectivity index (χ0v) is 11.3. The molecule has 1 aliphatic rings. The average Bonchev–Trinajstić information content (AvgIpc) is 2.63. The van der Waals surface area contributed by atoms with Gasteiger partial charge in [-0.1, -0.05) is 0 Å². The van der Waals surface area contributed by atoms with E-state index in [1.807, 2.05) is 19.1 Å². The highest BCUT2D eigenvalue weighted by Gasteiger charge is 2.35. The number of imide groups is 1. The number of likely N-dealkylation sites (N-methyl/N-ethyl adjacent to an activating group) is 1. The standard InChI is InChI=1S/C13H17N3O3/c1-8-4-10(19-3)5-9(15-8)7-14-11-6-12(17)16(2)13(11)18/h4-5,11,14H,6-7H2,1-3H3. The summed E-state index contributed by atoms with van der Waals surface area (Å²) in [5.41, 5.74) is 1.63. The maximum absolute atomic E-state index is 11.7. The minimum Gasteiger partial charge on any atom is -0.497 e. The second-order valence-corrected chi connectivity index (χ2v) is 4.57. The summed E-state index contributed by atoms with van der Waals surface area (Å²) in [7, 11) is 3.10. The van der Waals surface area contributed by atoms with E-state index in [9.17, 15) is 9.59 Å². The van der Waals surface area contributed by atoms with Crippen LogP contribution in [0.1, 0.15) is 17.8 Å². The monoisotopic (exact) mass is 263 g/mol. The van der Waals surface area contributed by atoms with Gasteiger partial charge in [0.05, 0.1) is 25.3 Å². The summed E-state index contributed by atoms with van der Waals surface area (Å²) >= 11 is 0. The first-order valence-corrected chi connectivity index (χ1v) is 6.06. The SMILES string of the molecule is COc1cc(C)nc(CNC2CC(=O)N(C)C2=O)c1. The molecular formula is C13H17N3O3. The summed E-state index contributed by atoms with van der Waals surface area (Å²) in [6, 6.07) is 3.19. The molecule has 6 heteroatoms. The van der Waals surface area contributed by atoms with Crippen LogP contribution in [0.3, 0.4) is 0 Å². The number of methoxy groups -OCH3 is 1. The maximum Gasteiger partial charge on any atom is 0.246 e. The molecule has 1 aromatic rings. The quantitative estimate of drug-likeness (QED) is 0.788. The molecule has 102 valence electrons. The number of aromatic nitrogens is 1. The van der Waals surface area contributed by atoms with E-state index in [0.29, 0.717) is 6.54 Å². The molecule has 1 atom stereocenters. The number of nitrogens with zero attached hydrogens (tertiary/aromatic N) is 2. The predicted octanol–water partition coefficient (Wildman–Crippen LogP) is 0.246. The minimum atomic E-state index is -0.453. The Morgan fingerprint density at radius 2 is 2.21 bits per heavy atom. The number of hydrogen-bond acceptors (Lipinski definition) is 5. The van der Waals surface area contributed by atoms with Crippen molar-refractivity contribution in [1.82, 2.24) is 15.2 Å². The summed E-state index contributed by atoms with van der Waals surface area (Å²) in [6.45, 7) is 2.31. The highest BCUT2D eigenvalue weighted by atomic mass is 16.5. The van der Waals surface area contributed by atoms with Gasteiger partial charge in [0, 0.05) is 31.4 Å². The predicted molar refractivity (Wildman–Crippen MR) is 68.5 cm³/mol. The van der Waals surface area contributed by atoms with Gasteiger partial charge in [-0.05, 0) is 6.92 Å². The van der Waals surface area contributed by atoms with Crippen molar-refractivity contribution in [2.24, 2.45) is 0 Å². The van der Waals surface area contributed by atoms with E-state index in [4.69, 9.17) is 4.74 Å². The third-order valence-electron chi connectivity index (χ3n) is 3.13. The van der Waals surface area contributed by atoms with Crippen LogP contribution in [0.5, 0.6) is 5.75 Å². The number of carbonyl (C=O) groups excluding carboxylic acids is 2. The lowest BCUT2D eigenvalue weighted by Crippen LogP contribution is -2.36. The van der Waals surface area contributed by atoms with Crippen molar-refractivity contribution in [3.8, 4) is 5.75 Å². The van der Waals surface area contributed by atoms with Crippen LogP contribution in [0, 0.1) is 6.92 Å². The van der Waals surface area contributed by atoms with Crippen LogP contribution in [0.15, 0.2) is 12.1 Å². The molecule has 1 aromatic heterocycles. The number of ether oxygens (including phenoxy) is 1. The van der Waals surface area contributed by atoms with Crippen molar-refractivity contribution < 1.29 is 14.3 Å². The smallest absolute Gasteiger partial charge is 0.246 e. The lowest BCUT2D eigenvalue weighted by molar-refractivity contribution is -0.137. The molecule has 2 amide bonds. The number of aryl methyl sites for hydroxylation is 1. The third kappa shape index (κ3) is 2.90. The van der Waals surface area contributed by atoms with Crippen molar-refractivity contribution in [3.63, 3.8) is 0 Å². The lowest BCUT2D eigenvalue weighted by Gasteiger charge is -2.11. The topological polar surface area (TPSA) is 71.5 Å². The van der Waals surface area contributed by atoms with Gasteiger partial charge in [0.2, 0.25) is 11.8 Å². The number of rotatable bonds is 4. The van der Waals surface area contributed by atoms with Gasteiger partial charge >= 0.3 is 0 Å². The summed E-state index contributed by atoms with van der Waals surface area (Å²) in [5, 5.41) is 3.06. The molecule has 6 nitrogen and oxygen atoms in total. The van der Waals surface area contributed by atoms with Crippen molar-refractivity contribution >= 4 is 11.8 Å². The molecule has 1 aliphatic heterocycles. The van der Waals surface area contributed by atoms with Crippen LogP contribution in [0.2, 0.25) is 0 Å². The Hall–Kier alpha value is -1.95. The van der Waals surface area contributed by atoms with Crippen molar-refractivity contribution in [2.45, 2.75) is 25.9 Å². The molecule has 0 aliphatic carbocycles. The van der Waals surface area contributed by atoms with Crippen LogP contribution in [-0.4, -0.2) is 41.9 Å². The van der Waals surface area contributed by atoms with E-state index >= 15 is 0 Å². The second kappa shape index (κ2) is 5.36. The summed E-state index contributed by atoms with van der Waals surface area (Å²) in [5.74, 6) is 0.386. The molecule has 1 saturated heterocycles. The Balaban J connectivity index is 2.01.